The van der Waals surface area contributed by atoms with E-state index in [4.69, 9.17) is 49.0 Å². The number of nitrogens with zero attached hydrogens (tertiary/aromatic N) is 6. The molecule has 0 spiro atoms. The summed E-state index contributed by atoms with van der Waals surface area (Å²) in [4.78, 5) is 5.50. The van der Waals surface area contributed by atoms with Gasteiger partial charge < -0.3 is 48.1 Å². The van der Waals surface area contributed by atoms with E-state index in [0.29, 0.717) is 13.2 Å². The minimum Gasteiger partial charge on any atom is -0.387 e. The standard InChI is InChI=1S/2C10H17N3O5/c2*1-10(2)16-4-5-8(18-10)6(12-13-11)7(14)9(15-3)17-5/h2*5-9,14H,4H2,1-3H3/t5?,6-,7?,8-,9+;5?,6-,7?,8-,9-/m11/s1. The SMILES string of the molecule is CO[C@@H]1OC2COC(C)(C)O[C@H]2[C@H](N=[N+]=[N-])C1O.CO[C@H]1OC2COC(C)(C)O[C@H]2[C@H](N=[N+]=[N-])C1O. The van der Waals surface area contributed by atoms with Gasteiger partial charge in [-0.05, 0) is 38.8 Å². The van der Waals surface area contributed by atoms with Gasteiger partial charge in [-0.25, -0.2) is 0 Å². The molecule has 4 saturated heterocycles. The molecule has 0 aromatic carbocycles. The van der Waals surface area contributed by atoms with Gasteiger partial charge in [0, 0.05) is 24.0 Å². The molecule has 4 heterocycles. The molecule has 4 aliphatic heterocycles. The first-order valence-corrected chi connectivity index (χ1v) is 11.4. The molecule has 16 nitrogen and oxygen atoms in total. The fraction of sp³-hybridized carbons (Fsp3) is 1.00. The van der Waals surface area contributed by atoms with E-state index in [2.05, 4.69) is 20.1 Å². The van der Waals surface area contributed by atoms with E-state index >= 15 is 0 Å². The summed E-state index contributed by atoms with van der Waals surface area (Å²) < 4.78 is 43.4. The van der Waals surface area contributed by atoms with Crippen molar-refractivity contribution >= 4 is 0 Å². The minimum atomic E-state index is -1.07. The first-order valence-electron chi connectivity index (χ1n) is 11.4. The smallest absolute Gasteiger partial charge is 0.184 e. The number of aliphatic hydroxyl groups is 2. The largest absolute Gasteiger partial charge is 0.387 e. The van der Waals surface area contributed by atoms with Crippen LogP contribution in [0.1, 0.15) is 27.7 Å². The van der Waals surface area contributed by atoms with Crippen LogP contribution in [0.2, 0.25) is 0 Å². The van der Waals surface area contributed by atoms with Gasteiger partial charge in [0.05, 0.1) is 25.3 Å². The van der Waals surface area contributed by atoms with Crippen molar-refractivity contribution in [2.45, 2.75) is 101 Å². The number of aliphatic hydroxyl groups excluding tert-OH is 2. The Labute approximate surface area is 207 Å². The molecule has 0 aromatic heterocycles. The zero-order valence-corrected chi connectivity index (χ0v) is 21.0. The zero-order valence-electron chi connectivity index (χ0n) is 21.0. The highest BCUT2D eigenvalue weighted by Gasteiger charge is 2.52. The highest BCUT2D eigenvalue weighted by molar-refractivity contribution is 4.99. The van der Waals surface area contributed by atoms with E-state index < -0.39 is 72.9 Å². The van der Waals surface area contributed by atoms with Crippen molar-refractivity contribution in [3.8, 4) is 0 Å². The monoisotopic (exact) mass is 518 g/mol. The van der Waals surface area contributed by atoms with E-state index in [9.17, 15) is 10.2 Å². The number of hydrogen-bond donors (Lipinski definition) is 2. The van der Waals surface area contributed by atoms with Gasteiger partial charge in [-0.2, -0.15) is 0 Å². The van der Waals surface area contributed by atoms with Crippen LogP contribution in [-0.4, -0.2) is 111 Å². The summed E-state index contributed by atoms with van der Waals surface area (Å²) in [6.45, 7) is 7.61. The molecule has 36 heavy (non-hydrogen) atoms. The Hall–Kier alpha value is -1.78. The Morgan fingerprint density at radius 3 is 1.42 bits per heavy atom. The van der Waals surface area contributed by atoms with Crippen LogP contribution in [-0.2, 0) is 37.9 Å². The van der Waals surface area contributed by atoms with Crippen molar-refractivity contribution in [2.75, 3.05) is 27.4 Å². The second kappa shape index (κ2) is 11.7. The van der Waals surface area contributed by atoms with Crippen LogP contribution >= 0.6 is 0 Å². The number of rotatable bonds is 4. The first kappa shape index (κ1) is 28.8. The lowest BCUT2D eigenvalue weighted by molar-refractivity contribution is -0.362. The van der Waals surface area contributed by atoms with E-state index in [1.807, 2.05) is 0 Å². The Kier molecular flexibility index (Phi) is 9.38. The van der Waals surface area contributed by atoms with Gasteiger partial charge in [-0.15, -0.1) is 0 Å². The Morgan fingerprint density at radius 1 is 0.750 bits per heavy atom. The molecule has 10 atom stereocenters. The molecule has 4 rings (SSSR count). The topological polar surface area (TPSA) is 212 Å². The van der Waals surface area contributed by atoms with Crippen molar-refractivity contribution in [1.29, 1.82) is 0 Å². The van der Waals surface area contributed by atoms with Gasteiger partial charge >= 0.3 is 0 Å². The molecule has 0 amide bonds. The molecule has 4 aliphatic rings. The van der Waals surface area contributed by atoms with E-state index in [1.165, 1.54) is 14.2 Å². The van der Waals surface area contributed by atoms with Crippen LogP contribution in [0.15, 0.2) is 10.2 Å². The Bertz CT molecular complexity index is 783. The molecule has 0 aromatic rings. The number of hydrogen-bond acceptors (Lipinski definition) is 12. The molecular formula is C20H34N6O10. The Morgan fingerprint density at radius 2 is 1.11 bits per heavy atom. The summed E-state index contributed by atoms with van der Waals surface area (Å²) >= 11 is 0. The van der Waals surface area contributed by atoms with Crippen LogP contribution in [0.3, 0.4) is 0 Å². The molecule has 0 aliphatic carbocycles. The summed E-state index contributed by atoms with van der Waals surface area (Å²) in [5.74, 6) is -1.60. The zero-order chi connectivity index (χ0) is 26.7. The summed E-state index contributed by atoms with van der Waals surface area (Å²) in [5, 5.41) is 27.3. The second-order valence-electron chi connectivity index (χ2n) is 9.52. The predicted octanol–water partition coefficient (Wildman–Crippen LogP) is 1.10. The van der Waals surface area contributed by atoms with Gasteiger partial charge in [0.25, 0.3) is 0 Å². The van der Waals surface area contributed by atoms with Crippen molar-refractivity contribution in [3.05, 3.63) is 20.9 Å². The van der Waals surface area contributed by atoms with Gasteiger partial charge in [0.2, 0.25) is 0 Å². The van der Waals surface area contributed by atoms with Gasteiger partial charge in [-0.3, -0.25) is 0 Å². The molecule has 16 heteroatoms. The first-order chi connectivity index (χ1) is 17.0. The summed E-state index contributed by atoms with van der Waals surface area (Å²) in [6.07, 6.45) is -5.80. The molecular weight excluding hydrogens is 484 g/mol. The molecule has 4 fully saturated rings. The third-order valence-corrected chi connectivity index (χ3v) is 6.15. The maximum absolute atomic E-state index is 10.0. The number of methoxy groups -OCH3 is 2. The lowest BCUT2D eigenvalue weighted by Gasteiger charge is -2.48. The average molecular weight is 519 g/mol. The Balaban J connectivity index is 0.000000201. The molecule has 0 bridgehead atoms. The fourth-order valence-corrected chi connectivity index (χ4v) is 4.44. The molecule has 2 N–H and O–H groups in total. The van der Waals surface area contributed by atoms with Gasteiger partial charge in [0.1, 0.15) is 36.6 Å². The molecule has 204 valence electrons. The minimum absolute atomic E-state index is 0.293. The highest BCUT2D eigenvalue weighted by atomic mass is 16.8. The van der Waals surface area contributed by atoms with Crippen molar-refractivity contribution in [3.63, 3.8) is 0 Å². The van der Waals surface area contributed by atoms with Gasteiger partial charge in [0.15, 0.2) is 24.2 Å². The maximum atomic E-state index is 10.0. The van der Waals surface area contributed by atoms with Crippen molar-refractivity contribution in [1.82, 2.24) is 0 Å². The number of azide groups is 2. The van der Waals surface area contributed by atoms with Crippen molar-refractivity contribution < 1.29 is 48.1 Å². The maximum Gasteiger partial charge on any atom is 0.184 e. The molecule has 0 saturated carbocycles. The highest BCUT2D eigenvalue weighted by Crippen LogP contribution is 2.35. The third kappa shape index (κ3) is 6.37. The second-order valence-corrected chi connectivity index (χ2v) is 9.52. The van der Waals surface area contributed by atoms with Crippen LogP contribution in [0.4, 0.5) is 0 Å². The summed E-state index contributed by atoms with van der Waals surface area (Å²) in [5.41, 5.74) is 17.2. The lowest BCUT2D eigenvalue weighted by atomic mass is 9.95. The normalized spacial score (nSPS) is 42.8. The molecule has 4 unspecified atom stereocenters. The average Bonchev–Trinajstić information content (AvgIpc) is 2.82. The van der Waals surface area contributed by atoms with Crippen LogP contribution in [0.25, 0.3) is 20.9 Å². The summed E-state index contributed by atoms with van der Waals surface area (Å²) in [6, 6.07) is -1.52. The predicted molar refractivity (Wildman–Crippen MR) is 119 cm³/mol. The van der Waals surface area contributed by atoms with E-state index in [1.54, 1.807) is 27.7 Å². The number of ether oxygens (including phenoxy) is 8. The number of fused-ring (bicyclic) bond motifs is 2. The van der Waals surface area contributed by atoms with Crippen LogP contribution in [0, 0.1) is 0 Å². The quantitative estimate of drug-likeness (QED) is 0.307. The van der Waals surface area contributed by atoms with Crippen LogP contribution in [0.5, 0.6) is 0 Å². The third-order valence-electron chi connectivity index (χ3n) is 6.15. The van der Waals surface area contributed by atoms with Crippen LogP contribution < -0.4 is 0 Å². The van der Waals surface area contributed by atoms with E-state index in [0.717, 1.165) is 0 Å². The fourth-order valence-electron chi connectivity index (χ4n) is 4.44. The molecule has 0 radical (unpaired) electrons. The summed E-state index contributed by atoms with van der Waals surface area (Å²) in [7, 11) is 2.83. The van der Waals surface area contributed by atoms with Gasteiger partial charge in [-0.1, -0.05) is 10.2 Å². The lowest BCUT2D eigenvalue weighted by Crippen LogP contribution is -2.64. The van der Waals surface area contributed by atoms with Crippen molar-refractivity contribution in [2.24, 2.45) is 10.2 Å². The van der Waals surface area contributed by atoms with E-state index in [-0.39, 0.29) is 0 Å².